The summed E-state index contributed by atoms with van der Waals surface area (Å²) < 4.78 is 13.2. The normalized spacial score (nSPS) is 11.0. The molecule has 0 aliphatic rings. The third kappa shape index (κ3) is 2.91. The SMILES string of the molecule is Fc1ccc(-c2cc(-c3ccc4ncnc(-c5ccccn5)c4c3)n[nH]2)cc1. The van der Waals surface area contributed by atoms with Gasteiger partial charge in [-0.3, -0.25) is 10.1 Å². The Kier molecular flexibility index (Phi) is 3.87. The van der Waals surface area contributed by atoms with Crippen LogP contribution in [0.2, 0.25) is 0 Å². The fraction of sp³-hybridized carbons (Fsp3) is 0. The van der Waals surface area contributed by atoms with Crippen LogP contribution in [0.15, 0.2) is 79.3 Å². The van der Waals surface area contributed by atoms with Gasteiger partial charge in [0.1, 0.15) is 12.1 Å². The first-order valence-corrected chi connectivity index (χ1v) is 8.76. The van der Waals surface area contributed by atoms with E-state index in [-0.39, 0.29) is 5.82 Å². The minimum absolute atomic E-state index is 0.264. The Morgan fingerprint density at radius 2 is 1.61 bits per heavy atom. The highest BCUT2D eigenvalue weighted by molar-refractivity contribution is 5.94. The number of hydrogen-bond donors (Lipinski definition) is 1. The van der Waals surface area contributed by atoms with E-state index < -0.39 is 0 Å². The molecule has 0 fully saturated rings. The first-order valence-electron chi connectivity index (χ1n) is 8.76. The Morgan fingerprint density at radius 1 is 0.750 bits per heavy atom. The molecule has 0 bridgehead atoms. The number of aromatic nitrogens is 5. The third-order valence-corrected chi connectivity index (χ3v) is 4.57. The van der Waals surface area contributed by atoms with Crippen LogP contribution in [0.4, 0.5) is 4.39 Å². The van der Waals surface area contributed by atoms with Crippen molar-refractivity contribution in [2.45, 2.75) is 0 Å². The molecule has 134 valence electrons. The van der Waals surface area contributed by atoms with E-state index in [0.717, 1.165) is 44.8 Å². The van der Waals surface area contributed by atoms with Gasteiger partial charge in [0.25, 0.3) is 0 Å². The molecule has 0 aliphatic heterocycles. The van der Waals surface area contributed by atoms with Crippen molar-refractivity contribution in [3.63, 3.8) is 0 Å². The van der Waals surface area contributed by atoms with Crippen molar-refractivity contribution in [2.75, 3.05) is 0 Å². The van der Waals surface area contributed by atoms with Gasteiger partial charge in [0.05, 0.1) is 28.3 Å². The molecule has 3 heterocycles. The standard InChI is InChI=1S/C22H14FN5/c23-16-7-4-14(5-8-16)20-12-21(28-27-20)15-6-9-18-17(11-15)22(26-13-25-18)19-3-1-2-10-24-19/h1-13H,(H,27,28). The zero-order valence-electron chi connectivity index (χ0n) is 14.7. The molecule has 28 heavy (non-hydrogen) atoms. The van der Waals surface area contributed by atoms with Gasteiger partial charge >= 0.3 is 0 Å². The maximum absolute atomic E-state index is 13.2. The molecule has 0 spiro atoms. The Morgan fingerprint density at radius 3 is 2.43 bits per heavy atom. The smallest absolute Gasteiger partial charge is 0.123 e. The predicted molar refractivity (Wildman–Crippen MR) is 106 cm³/mol. The second-order valence-corrected chi connectivity index (χ2v) is 6.34. The van der Waals surface area contributed by atoms with Crippen molar-refractivity contribution in [3.05, 3.63) is 85.1 Å². The minimum Gasteiger partial charge on any atom is -0.277 e. The second kappa shape index (κ2) is 6.66. The molecule has 0 atom stereocenters. The minimum atomic E-state index is -0.264. The van der Waals surface area contributed by atoms with E-state index >= 15 is 0 Å². The molecule has 2 aromatic carbocycles. The van der Waals surface area contributed by atoms with Gasteiger partial charge in [-0.15, -0.1) is 0 Å². The van der Waals surface area contributed by atoms with Crippen LogP contribution in [-0.2, 0) is 0 Å². The topological polar surface area (TPSA) is 67.3 Å². The van der Waals surface area contributed by atoms with Gasteiger partial charge < -0.3 is 0 Å². The number of hydrogen-bond acceptors (Lipinski definition) is 4. The van der Waals surface area contributed by atoms with E-state index in [4.69, 9.17) is 0 Å². The van der Waals surface area contributed by atoms with Gasteiger partial charge in [-0.2, -0.15) is 5.10 Å². The summed E-state index contributed by atoms with van der Waals surface area (Å²) in [7, 11) is 0. The molecular weight excluding hydrogens is 353 g/mol. The maximum atomic E-state index is 13.2. The van der Waals surface area contributed by atoms with E-state index in [0.29, 0.717) is 0 Å². The highest BCUT2D eigenvalue weighted by Gasteiger charge is 2.11. The maximum Gasteiger partial charge on any atom is 0.123 e. The number of aromatic amines is 1. The average molecular weight is 367 g/mol. The monoisotopic (exact) mass is 367 g/mol. The van der Waals surface area contributed by atoms with Gasteiger partial charge in [-0.05, 0) is 60.2 Å². The lowest BCUT2D eigenvalue weighted by molar-refractivity contribution is 0.628. The van der Waals surface area contributed by atoms with Gasteiger partial charge in [0, 0.05) is 17.1 Å². The number of H-pyrrole nitrogens is 1. The van der Waals surface area contributed by atoms with Crippen LogP contribution in [0, 0.1) is 5.82 Å². The number of benzene rings is 2. The first kappa shape index (κ1) is 16.3. The number of nitrogens with zero attached hydrogens (tertiary/aromatic N) is 4. The van der Waals surface area contributed by atoms with Crippen LogP contribution >= 0.6 is 0 Å². The van der Waals surface area contributed by atoms with Crippen molar-refractivity contribution in [2.24, 2.45) is 0 Å². The van der Waals surface area contributed by atoms with E-state index in [2.05, 4.69) is 25.1 Å². The number of nitrogens with one attached hydrogen (secondary N) is 1. The Balaban J connectivity index is 1.60. The fourth-order valence-electron chi connectivity index (χ4n) is 3.17. The molecule has 5 aromatic rings. The van der Waals surface area contributed by atoms with Crippen molar-refractivity contribution in [1.82, 2.24) is 25.1 Å². The molecule has 0 amide bonds. The molecule has 3 aromatic heterocycles. The zero-order valence-corrected chi connectivity index (χ0v) is 14.7. The third-order valence-electron chi connectivity index (χ3n) is 4.57. The molecule has 5 rings (SSSR count). The molecule has 5 nitrogen and oxygen atoms in total. The van der Waals surface area contributed by atoms with E-state index in [9.17, 15) is 4.39 Å². The predicted octanol–water partition coefficient (Wildman–Crippen LogP) is 4.89. The summed E-state index contributed by atoms with van der Waals surface area (Å²) in [6, 6.07) is 19.9. The Bertz CT molecular complexity index is 1260. The summed E-state index contributed by atoms with van der Waals surface area (Å²) >= 11 is 0. The van der Waals surface area contributed by atoms with Crippen LogP contribution in [0.3, 0.4) is 0 Å². The zero-order chi connectivity index (χ0) is 18.9. The second-order valence-electron chi connectivity index (χ2n) is 6.34. The van der Waals surface area contributed by atoms with Gasteiger partial charge in [0.15, 0.2) is 0 Å². The fourth-order valence-corrected chi connectivity index (χ4v) is 3.17. The van der Waals surface area contributed by atoms with Crippen LogP contribution < -0.4 is 0 Å². The lowest BCUT2D eigenvalue weighted by atomic mass is 10.0. The molecule has 0 unspecified atom stereocenters. The molecule has 0 saturated heterocycles. The molecule has 0 aliphatic carbocycles. The van der Waals surface area contributed by atoms with Crippen molar-refractivity contribution in [3.8, 4) is 33.9 Å². The van der Waals surface area contributed by atoms with Gasteiger partial charge in [-0.1, -0.05) is 12.1 Å². The number of rotatable bonds is 3. The highest BCUT2D eigenvalue weighted by atomic mass is 19.1. The quantitative estimate of drug-likeness (QED) is 0.493. The summed E-state index contributed by atoms with van der Waals surface area (Å²) in [5.41, 5.74) is 5.83. The lowest BCUT2D eigenvalue weighted by Crippen LogP contribution is -1.91. The Hall–Kier alpha value is -3.93. The van der Waals surface area contributed by atoms with Crippen LogP contribution in [0.25, 0.3) is 44.8 Å². The number of halogens is 1. The van der Waals surface area contributed by atoms with Crippen molar-refractivity contribution < 1.29 is 4.39 Å². The summed E-state index contributed by atoms with van der Waals surface area (Å²) in [4.78, 5) is 13.2. The molecule has 0 radical (unpaired) electrons. The van der Waals surface area contributed by atoms with Gasteiger partial charge in [-0.25, -0.2) is 14.4 Å². The number of fused-ring (bicyclic) bond motifs is 1. The molecule has 1 N–H and O–H groups in total. The van der Waals surface area contributed by atoms with E-state index in [1.54, 1.807) is 24.7 Å². The Labute approximate surface area is 160 Å². The molecule has 0 saturated carbocycles. The highest BCUT2D eigenvalue weighted by Crippen LogP contribution is 2.29. The van der Waals surface area contributed by atoms with Crippen molar-refractivity contribution >= 4 is 10.9 Å². The summed E-state index contributed by atoms with van der Waals surface area (Å²) in [6.45, 7) is 0. The van der Waals surface area contributed by atoms with E-state index in [1.165, 1.54) is 12.1 Å². The average Bonchev–Trinajstić information content (AvgIpc) is 3.24. The van der Waals surface area contributed by atoms with Crippen LogP contribution in [-0.4, -0.2) is 25.1 Å². The van der Waals surface area contributed by atoms with Crippen molar-refractivity contribution in [1.29, 1.82) is 0 Å². The molecular formula is C22H14FN5. The lowest BCUT2D eigenvalue weighted by Gasteiger charge is -2.06. The molecule has 6 heteroatoms. The summed E-state index contributed by atoms with van der Waals surface area (Å²) in [5, 5.41) is 8.35. The summed E-state index contributed by atoms with van der Waals surface area (Å²) in [6.07, 6.45) is 3.29. The van der Waals surface area contributed by atoms with Crippen LogP contribution in [0.1, 0.15) is 0 Å². The van der Waals surface area contributed by atoms with Gasteiger partial charge in [0.2, 0.25) is 0 Å². The van der Waals surface area contributed by atoms with Crippen LogP contribution in [0.5, 0.6) is 0 Å². The summed E-state index contributed by atoms with van der Waals surface area (Å²) in [5.74, 6) is -0.264. The van der Waals surface area contributed by atoms with E-state index in [1.807, 2.05) is 42.5 Å². The largest absolute Gasteiger partial charge is 0.277 e. The first-order chi connectivity index (χ1) is 13.8. The number of pyridine rings is 1.